The molecule has 0 saturated heterocycles. The largest absolute Gasteiger partial charge is 0.435 e. The van der Waals surface area contributed by atoms with Crippen molar-refractivity contribution in [1.82, 2.24) is 9.78 Å². The summed E-state index contributed by atoms with van der Waals surface area (Å²) in [5.74, 6) is 0. The lowest BCUT2D eigenvalue weighted by atomic mass is 9.97. The molecule has 0 atom stereocenters. The van der Waals surface area contributed by atoms with Gasteiger partial charge < -0.3 is 0 Å². The lowest BCUT2D eigenvalue weighted by Gasteiger charge is -2.11. The molecule has 1 heterocycles. The van der Waals surface area contributed by atoms with Crippen molar-refractivity contribution in [3.8, 4) is 16.9 Å². The first-order valence-electron chi connectivity index (χ1n) is 9.16. The van der Waals surface area contributed by atoms with Crippen LogP contribution in [-0.4, -0.2) is 9.78 Å². The van der Waals surface area contributed by atoms with Crippen LogP contribution in [0.2, 0.25) is 0 Å². The molecular formula is C24H15F3N2. The van der Waals surface area contributed by atoms with Gasteiger partial charge >= 0.3 is 6.18 Å². The molecule has 0 radical (unpaired) electrons. The Balaban J connectivity index is 1.83. The van der Waals surface area contributed by atoms with E-state index in [-0.39, 0.29) is 0 Å². The summed E-state index contributed by atoms with van der Waals surface area (Å²) >= 11 is 0. The van der Waals surface area contributed by atoms with Gasteiger partial charge in [0.05, 0.1) is 11.4 Å². The molecule has 29 heavy (non-hydrogen) atoms. The van der Waals surface area contributed by atoms with E-state index in [4.69, 9.17) is 0 Å². The molecule has 0 bridgehead atoms. The number of para-hydroxylation sites is 1. The van der Waals surface area contributed by atoms with Crippen molar-refractivity contribution >= 4 is 21.5 Å². The third kappa shape index (κ3) is 2.95. The number of fused-ring (bicyclic) bond motifs is 3. The summed E-state index contributed by atoms with van der Waals surface area (Å²) < 4.78 is 41.7. The van der Waals surface area contributed by atoms with Crippen molar-refractivity contribution in [1.29, 1.82) is 0 Å². The van der Waals surface area contributed by atoms with Crippen LogP contribution in [0.25, 0.3) is 38.5 Å². The molecule has 0 amide bonds. The van der Waals surface area contributed by atoms with Crippen LogP contribution >= 0.6 is 0 Å². The number of benzene rings is 4. The molecule has 1 aromatic heterocycles. The fourth-order valence-corrected chi connectivity index (χ4v) is 3.74. The number of hydrogen-bond acceptors (Lipinski definition) is 1. The first-order valence-corrected chi connectivity index (χ1v) is 9.16. The average molecular weight is 388 g/mol. The molecule has 4 aromatic carbocycles. The molecule has 0 spiro atoms. The predicted octanol–water partition coefficient (Wildman–Crippen LogP) is 6.86. The fraction of sp³-hybridized carbons (Fsp3) is 0.0417. The van der Waals surface area contributed by atoms with Crippen LogP contribution in [0, 0.1) is 0 Å². The molecule has 5 heteroatoms. The van der Waals surface area contributed by atoms with Crippen molar-refractivity contribution in [3.63, 3.8) is 0 Å². The van der Waals surface area contributed by atoms with E-state index in [0.29, 0.717) is 16.9 Å². The SMILES string of the molecule is FC(F)(F)c1cc(-c2cccc3c2ccc2ccccc23)n(-c2ccccc2)n1. The summed E-state index contributed by atoms with van der Waals surface area (Å²) in [6.07, 6.45) is -4.52. The Bertz CT molecular complexity index is 1340. The smallest absolute Gasteiger partial charge is 0.232 e. The zero-order chi connectivity index (χ0) is 20.0. The maximum Gasteiger partial charge on any atom is 0.435 e. The first-order chi connectivity index (χ1) is 14.0. The van der Waals surface area contributed by atoms with Gasteiger partial charge in [0.25, 0.3) is 0 Å². The Morgan fingerprint density at radius 1 is 0.655 bits per heavy atom. The van der Waals surface area contributed by atoms with E-state index in [1.807, 2.05) is 60.7 Å². The maximum atomic E-state index is 13.5. The molecule has 5 rings (SSSR count). The number of halogens is 3. The zero-order valence-corrected chi connectivity index (χ0v) is 15.2. The lowest BCUT2D eigenvalue weighted by molar-refractivity contribution is -0.141. The number of aromatic nitrogens is 2. The molecule has 0 unspecified atom stereocenters. The molecule has 0 fully saturated rings. The standard InChI is InChI=1S/C24H15F3N2/c25-24(26,27)23-15-22(29(28-23)17-8-2-1-3-9-17)21-12-6-11-19-18-10-5-4-7-16(18)13-14-20(19)21/h1-15H. The molecule has 0 aliphatic carbocycles. The summed E-state index contributed by atoms with van der Waals surface area (Å²) in [6.45, 7) is 0. The maximum absolute atomic E-state index is 13.5. The summed E-state index contributed by atoms with van der Waals surface area (Å²) in [5.41, 5.74) is 0.787. The van der Waals surface area contributed by atoms with Gasteiger partial charge in [-0.3, -0.25) is 0 Å². The summed E-state index contributed by atoms with van der Waals surface area (Å²) in [6, 6.07) is 27.7. The highest BCUT2D eigenvalue weighted by Gasteiger charge is 2.35. The Hall–Kier alpha value is -3.60. The quantitative estimate of drug-likeness (QED) is 0.302. The summed E-state index contributed by atoms with van der Waals surface area (Å²) in [4.78, 5) is 0. The highest BCUT2D eigenvalue weighted by Crippen LogP contribution is 2.37. The molecule has 142 valence electrons. The highest BCUT2D eigenvalue weighted by atomic mass is 19.4. The van der Waals surface area contributed by atoms with Crippen LogP contribution in [0.1, 0.15) is 5.69 Å². The second-order valence-electron chi connectivity index (χ2n) is 6.85. The van der Waals surface area contributed by atoms with Crippen molar-refractivity contribution in [3.05, 3.63) is 96.7 Å². The molecular weight excluding hydrogens is 373 g/mol. The van der Waals surface area contributed by atoms with Gasteiger partial charge in [0.15, 0.2) is 5.69 Å². The van der Waals surface area contributed by atoms with Crippen LogP contribution in [0.15, 0.2) is 91.0 Å². The Labute approximate surface area is 164 Å². The van der Waals surface area contributed by atoms with Crippen LogP contribution in [0.5, 0.6) is 0 Å². The molecule has 0 aliphatic rings. The minimum atomic E-state index is -4.52. The van der Waals surface area contributed by atoms with Crippen LogP contribution in [0.4, 0.5) is 13.2 Å². The van der Waals surface area contributed by atoms with E-state index in [2.05, 4.69) is 5.10 Å². The van der Waals surface area contributed by atoms with E-state index in [1.54, 1.807) is 24.3 Å². The fourth-order valence-electron chi connectivity index (χ4n) is 3.74. The average Bonchev–Trinajstić information content (AvgIpc) is 3.20. The third-order valence-electron chi connectivity index (χ3n) is 5.06. The van der Waals surface area contributed by atoms with E-state index in [1.165, 1.54) is 4.68 Å². The number of alkyl halides is 3. The van der Waals surface area contributed by atoms with Crippen molar-refractivity contribution < 1.29 is 13.2 Å². The minimum absolute atomic E-state index is 0.407. The van der Waals surface area contributed by atoms with E-state index < -0.39 is 11.9 Å². The third-order valence-corrected chi connectivity index (χ3v) is 5.06. The predicted molar refractivity (Wildman–Crippen MR) is 109 cm³/mol. The zero-order valence-electron chi connectivity index (χ0n) is 15.2. The van der Waals surface area contributed by atoms with Gasteiger partial charge in [0, 0.05) is 5.56 Å². The van der Waals surface area contributed by atoms with Crippen LogP contribution in [-0.2, 0) is 6.18 Å². The molecule has 0 N–H and O–H groups in total. The van der Waals surface area contributed by atoms with E-state index in [0.717, 1.165) is 27.6 Å². The number of hydrogen-bond donors (Lipinski definition) is 0. The molecule has 0 aliphatic heterocycles. The minimum Gasteiger partial charge on any atom is -0.232 e. The normalized spacial score (nSPS) is 12.0. The molecule has 5 aromatic rings. The summed E-state index contributed by atoms with van der Waals surface area (Å²) in [7, 11) is 0. The Kier molecular flexibility index (Phi) is 3.91. The number of nitrogens with zero attached hydrogens (tertiary/aromatic N) is 2. The van der Waals surface area contributed by atoms with Crippen LogP contribution < -0.4 is 0 Å². The molecule has 2 nitrogen and oxygen atoms in total. The topological polar surface area (TPSA) is 17.8 Å². The second-order valence-corrected chi connectivity index (χ2v) is 6.85. The Morgan fingerprint density at radius 3 is 2.17 bits per heavy atom. The van der Waals surface area contributed by atoms with Crippen molar-refractivity contribution in [2.75, 3.05) is 0 Å². The van der Waals surface area contributed by atoms with Crippen molar-refractivity contribution in [2.24, 2.45) is 0 Å². The monoisotopic (exact) mass is 388 g/mol. The van der Waals surface area contributed by atoms with Gasteiger partial charge in [-0.05, 0) is 39.7 Å². The van der Waals surface area contributed by atoms with Gasteiger partial charge in [0.1, 0.15) is 0 Å². The number of rotatable bonds is 2. The van der Waals surface area contributed by atoms with Gasteiger partial charge in [0.2, 0.25) is 0 Å². The lowest BCUT2D eigenvalue weighted by Crippen LogP contribution is -2.07. The van der Waals surface area contributed by atoms with Crippen LogP contribution in [0.3, 0.4) is 0 Å². The van der Waals surface area contributed by atoms with Gasteiger partial charge in [-0.15, -0.1) is 0 Å². The van der Waals surface area contributed by atoms with Gasteiger partial charge in [-0.1, -0.05) is 72.8 Å². The summed E-state index contributed by atoms with van der Waals surface area (Å²) in [5, 5.41) is 7.92. The van der Waals surface area contributed by atoms with E-state index >= 15 is 0 Å². The van der Waals surface area contributed by atoms with Gasteiger partial charge in [-0.2, -0.15) is 18.3 Å². The first kappa shape index (κ1) is 17.5. The Morgan fingerprint density at radius 2 is 1.38 bits per heavy atom. The van der Waals surface area contributed by atoms with Crippen molar-refractivity contribution in [2.45, 2.75) is 6.18 Å². The highest BCUT2D eigenvalue weighted by molar-refractivity contribution is 6.11. The molecule has 0 saturated carbocycles. The van der Waals surface area contributed by atoms with Gasteiger partial charge in [-0.25, -0.2) is 4.68 Å². The second kappa shape index (κ2) is 6.48. The van der Waals surface area contributed by atoms with E-state index in [9.17, 15) is 13.2 Å².